The van der Waals surface area contributed by atoms with E-state index in [-0.39, 0.29) is 18.0 Å². The summed E-state index contributed by atoms with van der Waals surface area (Å²) in [6.45, 7) is 5.25. The molecule has 4 rings (SSSR count). The maximum absolute atomic E-state index is 13.3. The van der Waals surface area contributed by atoms with Gasteiger partial charge in [0.1, 0.15) is 17.4 Å². The molecule has 1 aromatic heterocycles. The Kier molecular flexibility index (Phi) is 6.82. The predicted molar refractivity (Wildman–Crippen MR) is 115 cm³/mol. The van der Waals surface area contributed by atoms with Crippen LogP contribution in [0.25, 0.3) is 10.9 Å². The summed E-state index contributed by atoms with van der Waals surface area (Å²) in [6, 6.07) is 8.34. The fourth-order valence-electron chi connectivity index (χ4n) is 4.01. The minimum Gasteiger partial charge on any atom is -0.491 e. The number of rotatable bonds is 9. The third-order valence-corrected chi connectivity index (χ3v) is 5.74. The smallest absolute Gasteiger partial charge is 0.253 e. The van der Waals surface area contributed by atoms with Crippen LogP contribution in [0.2, 0.25) is 0 Å². The van der Waals surface area contributed by atoms with Gasteiger partial charge in [0, 0.05) is 50.9 Å². The van der Waals surface area contributed by atoms with Crippen molar-refractivity contribution < 1.29 is 19.0 Å². The number of methoxy groups -OCH3 is 1. The Bertz CT molecular complexity index is 865. The van der Waals surface area contributed by atoms with Crippen LogP contribution in [0.1, 0.15) is 37.8 Å². The van der Waals surface area contributed by atoms with Crippen LogP contribution < -0.4 is 10.1 Å². The Morgan fingerprint density at radius 3 is 2.97 bits per heavy atom. The van der Waals surface area contributed by atoms with E-state index < -0.39 is 6.10 Å². The number of carbonyl (C=O) groups excluding carboxylic acids is 1. The van der Waals surface area contributed by atoms with Crippen LogP contribution >= 0.6 is 0 Å². The van der Waals surface area contributed by atoms with E-state index in [0.717, 1.165) is 48.0 Å². The second kappa shape index (κ2) is 9.73. The topological polar surface area (TPSA) is 72.9 Å². The van der Waals surface area contributed by atoms with Gasteiger partial charge in [0.15, 0.2) is 0 Å². The van der Waals surface area contributed by atoms with Gasteiger partial charge in [-0.15, -0.1) is 0 Å². The first-order valence-electron chi connectivity index (χ1n) is 10.8. The van der Waals surface area contributed by atoms with Crippen LogP contribution in [-0.2, 0) is 14.3 Å². The highest BCUT2D eigenvalue weighted by molar-refractivity contribution is 5.86. The van der Waals surface area contributed by atoms with Gasteiger partial charge in [-0.05, 0) is 43.5 Å². The lowest BCUT2D eigenvalue weighted by Gasteiger charge is -2.34. The molecule has 0 bridgehead atoms. The van der Waals surface area contributed by atoms with Crippen molar-refractivity contribution in [3.05, 3.63) is 36.0 Å². The number of nitrogens with one attached hydrogen (secondary N) is 1. The molecule has 1 aliphatic carbocycles. The molecule has 0 unspecified atom stereocenters. The van der Waals surface area contributed by atoms with E-state index in [1.165, 1.54) is 0 Å². The monoisotopic (exact) mass is 413 g/mol. The summed E-state index contributed by atoms with van der Waals surface area (Å²) < 4.78 is 16.9. The van der Waals surface area contributed by atoms with Crippen LogP contribution in [0.4, 0.5) is 0 Å². The lowest BCUT2D eigenvalue weighted by atomic mass is 10.0. The molecule has 0 radical (unpaired) electrons. The van der Waals surface area contributed by atoms with Crippen molar-refractivity contribution in [2.24, 2.45) is 0 Å². The van der Waals surface area contributed by atoms with Gasteiger partial charge < -0.3 is 24.4 Å². The van der Waals surface area contributed by atoms with Crippen molar-refractivity contribution in [3.8, 4) is 5.75 Å². The predicted octanol–water partition coefficient (Wildman–Crippen LogP) is 2.69. The highest BCUT2D eigenvalue weighted by Gasteiger charge is 2.40. The molecule has 1 aromatic carbocycles. The normalized spacial score (nSPS) is 20.1. The highest BCUT2D eigenvalue weighted by atomic mass is 16.5. The Hall–Kier alpha value is -2.22. The number of amides is 1. The summed E-state index contributed by atoms with van der Waals surface area (Å²) in [5.74, 6) is 0.830. The molecule has 1 saturated heterocycles. The van der Waals surface area contributed by atoms with Crippen LogP contribution in [0.3, 0.4) is 0 Å². The lowest BCUT2D eigenvalue weighted by Crippen LogP contribution is -2.50. The molecule has 2 heterocycles. The first-order chi connectivity index (χ1) is 14.7. The van der Waals surface area contributed by atoms with Crippen LogP contribution in [-0.4, -0.2) is 68.0 Å². The van der Waals surface area contributed by atoms with E-state index in [2.05, 4.69) is 23.3 Å². The number of hydrogen-bond acceptors (Lipinski definition) is 6. The zero-order valence-electron chi connectivity index (χ0n) is 17.8. The second-order valence-electron chi connectivity index (χ2n) is 8.01. The van der Waals surface area contributed by atoms with Gasteiger partial charge in [-0.1, -0.05) is 6.07 Å². The van der Waals surface area contributed by atoms with Crippen LogP contribution in [0.15, 0.2) is 30.5 Å². The minimum absolute atomic E-state index is 0.0681. The van der Waals surface area contributed by atoms with Crippen molar-refractivity contribution >= 4 is 16.8 Å². The molecule has 0 spiro atoms. The number of nitrogens with zero attached hydrogens (tertiary/aromatic N) is 2. The van der Waals surface area contributed by atoms with E-state index in [4.69, 9.17) is 14.2 Å². The Morgan fingerprint density at radius 1 is 1.37 bits per heavy atom. The van der Waals surface area contributed by atoms with Gasteiger partial charge in [-0.3, -0.25) is 9.78 Å². The maximum Gasteiger partial charge on any atom is 0.253 e. The maximum atomic E-state index is 13.3. The van der Waals surface area contributed by atoms with Crippen molar-refractivity contribution in [1.29, 1.82) is 0 Å². The van der Waals surface area contributed by atoms with Crippen LogP contribution in [0.5, 0.6) is 5.75 Å². The average Bonchev–Trinajstić information content (AvgIpc) is 3.62. The zero-order valence-corrected chi connectivity index (χ0v) is 17.8. The first kappa shape index (κ1) is 21.0. The van der Waals surface area contributed by atoms with Crippen LogP contribution in [0, 0.1) is 0 Å². The second-order valence-corrected chi connectivity index (χ2v) is 8.01. The molecule has 1 aliphatic heterocycles. The molecule has 2 aliphatic rings. The largest absolute Gasteiger partial charge is 0.491 e. The SMILES string of the molecule is COCCCOc1cc([C@@H](C)N(C(=O)[C@H]2CNCCO2)C2CC2)cc2cccnc12. The molecule has 7 nitrogen and oxygen atoms in total. The first-order valence-corrected chi connectivity index (χ1v) is 10.8. The van der Waals surface area contributed by atoms with Crippen molar-refractivity contribution in [1.82, 2.24) is 15.2 Å². The van der Waals surface area contributed by atoms with E-state index in [0.29, 0.717) is 26.4 Å². The Morgan fingerprint density at radius 2 is 2.23 bits per heavy atom. The fourth-order valence-corrected chi connectivity index (χ4v) is 4.01. The molecular weight excluding hydrogens is 382 g/mol. The van der Waals surface area contributed by atoms with E-state index in [1.54, 1.807) is 13.3 Å². The molecule has 2 aromatic rings. The van der Waals surface area contributed by atoms with Gasteiger partial charge in [-0.25, -0.2) is 0 Å². The fraction of sp³-hybridized carbons (Fsp3) is 0.565. The molecule has 162 valence electrons. The summed E-state index contributed by atoms with van der Waals surface area (Å²) in [5, 5.41) is 4.28. The van der Waals surface area contributed by atoms with Gasteiger partial charge >= 0.3 is 0 Å². The number of hydrogen-bond donors (Lipinski definition) is 1. The van der Waals surface area contributed by atoms with Crippen molar-refractivity contribution in [2.75, 3.05) is 40.0 Å². The summed E-state index contributed by atoms with van der Waals surface area (Å²) in [7, 11) is 1.69. The van der Waals surface area contributed by atoms with Gasteiger partial charge in [-0.2, -0.15) is 0 Å². The molecule has 1 amide bonds. The molecule has 1 N–H and O–H groups in total. The van der Waals surface area contributed by atoms with Gasteiger partial charge in [0.2, 0.25) is 0 Å². The van der Waals surface area contributed by atoms with E-state index in [1.807, 2.05) is 23.1 Å². The average molecular weight is 414 g/mol. The third kappa shape index (κ3) is 4.74. The molecular formula is C23H31N3O4. The van der Waals surface area contributed by atoms with Crippen molar-refractivity contribution in [2.45, 2.75) is 44.4 Å². The third-order valence-electron chi connectivity index (χ3n) is 5.74. The Balaban J connectivity index is 1.60. The molecule has 30 heavy (non-hydrogen) atoms. The number of ether oxygens (including phenoxy) is 3. The summed E-state index contributed by atoms with van der Waals surface area (Å²) in [4.78, 5) is 19.8. The summed E-state index contributed by atoms with van der Waals surface area (Å²) >= 11 is 0. The standard InChI is InChI=1S/C23H31N3O4/c1-16(26(19-6-7-19)23(27)21-15-24-9-12-30-21)18-13-17-5-3-8-25-22(17)20(14-18)29-11-4-10-28-2/h3,5,8,13-14,16,19,21,24H,4,6-7,9-12,15H2,1-2H3/t16-,21-/m1/s1. The Labute approximate surface area is 177 Å². The van der Waals surface area contributed by atoms with Gasteiger partial charge in [0.25, 0.3) is 5.91 Å². The summed E-state index contributed by atoms with van der Waals surface area (Å²) in [5.41, 5.74) is 1.90. The van der Waals surface area contributed by atoms with E-state index >= 15 is 0 Å². The minimum atomic E-state index is -0.409. The number of carbonyl (C=O) groups is 1. The number of benzene rings is 1. The zero-order chi connectivity index (χ0) is 20.9. The highest BCUT2D eigenvalue weighted by Crippen LogP contribution is 2.37. The quantitative estimate of drug-likeness (QED) is 0.638. The molecule has 1 saturated carbocycles. The summed E-state index contributed by atoms with van der Waals surface area (Å²) in [6.07, 6.45) is 4.27. The van der Waals surface area contributed by atoms with E-state index in [9.17, 15) is 4.79 Å². The molecule has 2 fully saturated rings. The number of aromatic nitrogens is 1. The lowest BCUT2D eigenvalue weighted by molar-refractivity contribution is -0.148. The number of morpholine rings is 1. The number of pyridine rings is 1. The van der Waals surface area contributed by atoms with Crippen molar-refractivity contribution in [3.63, 3.8) is 0 Å². The molecule has 2 atom stereocenters. The molecule has 7 heteroatoms. The number of fused-ring (bicyclic) bond motifs is 1. The van der Waals surface area contributed by atoms with Gasteiger partial charge in [0.05, 0.1) is 19.3 Å².